The Morgan fingerprint density at radius 1 is 1.07 bits per heavy atom. The Morgan fingerprint density at radius 2 is 1.72 bits per heavy atom. The molecule has 1 aliphatic heterocycles. The molecule has 3 aromatic rings. The second-order valence-electron chi connectivity index (χ2n) is 10.4. The van der Waals surface area contributed by atoms with Gasteiger partial charge in [0.25, 0.3) is 5.91 Å². The predicted molar refractivity (Wildman–Crippen MR) is 171 cm³/mol. The number of rotatable bonds is 12. The molecule has 3 amide bonds. The molecule has 0 unspecified atom stereocenters. The number of hydrogen-bond acceptors (Lipinski definition) is 7. The number of urea groups is 1. The maximum Gasteiger partial charge on any atom is 0.466 e. The summed E-state index contributed by atoms with van der Waals surface area (Å²) in [4.78, 5) is 60.0. The van der Waals surface area contributed by atoms with Crippen LogP contribution >= 0.6 is 7.82 Å². The SMILES string of the molecule is CCCNC(=O)c1ccc(C)c(-c2nc(NCCCN(CC)CC)nc3c2CNC(=O)N3c2c(F)cccc2F)c1.O=P(O)(O)O. The van der Waals surface area contributed by atoms with Gasteiger partial charge < -0.3 is 35.5 Å². The first-order valence-electron chi connectivity index (χ1n) is 14.9. The van der Waals surface area contributed by atoms with E-state index in [4.69, 9.17) is 24.2 Å². The zero-order valence-corrected chi connectivity index (χ0v) is 27.1. The number of anilines is 3. The topological polar surface area (TPSA) is 180 Å². The van der Waals surface area contributed by atoms with E-state index >= 15 is 0 Å². The molecule has 0 fully saturated rings. The van der Waals surface area contributed by atoms with Crippen LogP contribution in [0.2, 0.25) is 0 Å². The van der Waals surface area contributed by atoms with Crippen LogP contribution in [-0.2, 0) is 11.1 Å². The standard InChI is InChI=1S/C30H37F2N7O2.H3O4P/c1-5-14-33-28(40)20-13-12-19(4)21(17-20)25-22-18-35-30(41)39(26-23(31)10-8-11-24(26)32)27(22)37-29(36-25)34-15-9-16-38(6-2)7-3;1-5(2,3)4/h8,10-13,17H,5-7,9,14-16,18H2,1-4H3,(H,33,40)(H,35,41)(H,34,36,37);(H3,1,2,3,4). The number of aryl methyl sites for hydroxylation is 1. The molecule has 0 spiro atoms. The van der Waals surface area contributed by atoms with Crippen LogP contribution in [0.4, 0.5) is 31.0 Å². The molecular formula is C30H40F2N7O6P. The van der Waals surface area contributed by atoms with E-state index in [0.717, 1.165) is 55.1 Å². The van der Waals surface area contributed by atoms with Gasteiger partial charge in [-0.05, 0) is 69.2 Å². The maximum absolute atomic E-state index is 15.0. The Morgan fingerprint density at radius 3 is 2.33 bits per heavy atom. The van der Waals surface area contributed by atoms with Gasteiger partial charge in [0.05, 0.1) is 12.2 Å². The summed E-state index contributed by atoms with van der Waals surface area (Å²) in [5.74, 6) is -1.71. The van der Waals surface area contributed by atoms with Gasteiger partial charge in [0, 0.05) is 29.8 Å². The number of phosphoric acid groups is 1. The Labute approximate surface area is 266 Å². The van der Waals surface area contributed by atoms with Gasteiger partial charge in [0.2, 0.25) is 5.95 Å². The number of halogens is 2. The lowest BCUT2D eigenvalue weighted by Crippen LogP contribution is -2.43. The van der Waals surface area contributed by atoms with Crippen molar-refractivity contribution in [1.82, 2.24) is 25.5 Å². The minimum Gasteiger partial charge on any atom is -0.354 e. The Balaban J connectivity index is 0.00000107. The average molecular weight is 664 g/mol. The van der Waals surface area contributed by atoms with Crippen LogP contribution in [0.3, 0.4) is 0 Å². The number of para-hydroxylation sites is 1. The minimum absolute atomic E-state index is 0.0456. The highest BCUT2D eigenvalue weighted by Gasteiger charge is 2.34. The van der Waals surface area contributed by atoms with E-state index in [1.807, 2.05) is 19.9 Å². The third kappa shape index (κ3) is 9.74. The number of hydrogen-bond donors (Lipinski definition) is 6. The van der Waals surface area contributed by atoms with Gasteiger partial charge in [-0.1, -0.05) is 32.9 Å². The van der Waals surface area contributed by atoms with E-state index in [1.165, 1.54) is 6.07 Å². The van der Waals surface area contributed by atoms with Crippen LogP contribution in [0.5, 0.6) is 0 Å². The molecule has 1 aliphatic rings. The summed E-state index contributed by atoms with van der Waals surface area (Å²) in [7, 11) is -4.64. The van der Waals surface area contributed by atoms with Crippen LogP contribution in [0.25, 0.3) is 11.3 Å². The first kappa shape index (κ1) is 36.5. The number of nitrogens with zero attached hydrogens (tertiary/aromatic N) is 4. The number of benzene rings is 2. The molecule has 0 saturated heterocycles. The Bertz CT molecular complexity index is 1560. The zero-order chi connectivity index (χ0) is 34.0. The molecule has 250 valence electrons. The summed E-state index contributed by atoms with van der Waals surface area (Å²) in [6.45, 7) is 12.0. The van der Waals surface area contributed by atoms with Crippen LogP contribution in [-0.4, -0.2) is 74.2 Å². The summed E-state index contributed by atoms with van der Waals surface area (Å²) in [5.41, 5.74) is 2.38. The minimum atomic E-state index is -4.64. The second-order valence-corrected chi connectivity index (χ2v) is 11.4. The summed E-state index contributed by atoms with van der Waals surface area (Å²) in [6, 6.07) is 8.04. The lowest BCUT2D eigenvalue weighted by molar-refractivity contribution is 0.0953. The van der Waals surface area contributed by atoms with Crippen molar-refractivity contribution in [2.24, 2.45) is 0 Å². The van der Waals surface area contributed by atoms with Crippen LogP contribution in [0.1, 0.15) is 55.1 Å². The summed E-state index contributed by atoms with van der Waals surface area (Å²) in [6.07, 6.45) is 1.62. The van der Waals surface area contributed by atoms with E-state index in [9.17, 15) is 18.4 Å². The molecule has 6 N–H and O–H groups in total. The van der Waals surface area contributed by atoms with Crippen LogP contribution < -0.4 is 20.9 Å². The van der Waals surface area contributed by atoms with E-state index < -0.39 is 31.2 Å². The quantitative estimate of drug-likeness (QED) is 0.120. The fraction of sp³-hybridized carbons (Fsp3) is 0.400. The first-order chi connectivity index (χ1) is 21.8. The van der Waals surface area contributed by atoms with Crippen LogP contribution in [0, 0.1) is 18.6 Å². The van der Waals surface area contributed by atoms with Crippen molar-refractivity contribution in [2.75, 3.05) is 42.9 Å². The summed E-state index contributed by atoms with van der Waals surface area (Å²) < 4.78 is 38.8. The Kier molecular flexibility index (Phi) is 13.1. The molecule has 1 aromatic heterocycles. The largest absolute Gasteiger partial charge is 0.466 e. The molecule has 0 atom stereocenters. The molecule has 0 saturated carbocycles. The van der Waals surface area contributed by atoms with E-state index in [2.05, 4.69) is 39.7 Å². The zero-order valence-electron chi connectivity index (χ0n) is 26.2. The molecule has 46 heavy (non-hydrogen) atoms. The molecule has 0 bridgehead atoms. The van der Waals surface area contributed by atoms with Crippen molar-refractivity contribution in [3.8, 4) is 11.3 Å². The first-order valence-corrected chi connectivity index (χ1v) is 16.4. The second kappa shape index (κ2) is 16.5. The number of carbonyl (C=O) groups excluding carboxylic acids is 2. The molecule has 4 rings (SSSR count). The van der Waals surface area contributed by atoms with Gasteiger partial charge in [-0.3, -0.25) is 4.79 Å². The van der Waals surface area contributed by atoms with Gasteiger partial charge >= 0.3 is 13.9 Å². The molecule has 13 nitrogen and oxygen atoms in total. The third-order valence-electron chi connectivity index (χ3n) is 7.10. The Hall–Kier alpha value is -4.01. The molecule has 2 aromatic carbocycles. The smallest absolute Gasteiger partial charge is 0.354 e. The fourth-order valence-corrected chi connectivity index (χ4v) is 4.77. The summed E-state index contributed by atoms with van der Waals surface area (Å²) in [5, 5.41) is 8.82. The van der Waals surface area contributed by atoms with Gasteiger partial charge in [-0.25, -0.2) is 28.0 Å². The average Bonchev–Trinajstić information content (AvgIpc) is 3.00. The number of fused-ring (bicyclic) bond motifs is 1. The number of carbonyl (C=O) groups is 2. The van der Waals surface area contributed by atoms with Crippen molar-refractivity contribution >= 4 is 37.2 Å². The lowest BCUT2D eigenvalue weighted by Gasteiger charge is -2.31. The van der Waals surface area contributed by atoms with E-state index in [-0.39, 0.29) is 24.2 Å². The van der Waals surface area contributed by atoms with Gasteiger partial charge in [0.1, 0.15) is 17.3 Å². The van der Waals surface area contributed by atoms with Crippen LogP contribution in [0.15, 0.2) is 36.4 Å². The fourth-order valence-electron chi connectivity index (χ4n) is 4.77. The normalized spacial score (nSPS) is 12.7. The lowest BCUT2D eigenvalue weighted by atomic mass is 9.97. The highest BCUT2D eigenvalue weighted by molar-refractivity contribution is 7.45. The number of amides is 3. The number of nitrogens with one attached hydrogen (secondary N) is 3. The molecule has 2 heterocycles. The van der Waals surface area contributed by atoms with Crippen molar-refractivity contribution in [1.29, 1.82) is 0 Å². The highest BCUT2D eigenvalue weighted by Crippen LogP contribution is 2.39. The summed E-state index contributed by atoms with van der Waals surface area (Å²) >= 11 is 0. The van der Waals surface area contributed by atoms with E-state index in [0.29, 0.717) is 35.5 Å². The van der Waals surface area contributed by atoms with Gasteiger partial charge in [0.15, 0.2) is 5.82 Å². The van der Waals surface area contributed by atoms with Gasteiger partial charge in [-0.15, -0.1) is 0 Å². The van der Waals surface area contributed by atoms with Crippen molar-refractivity contribution in [2.45, 2.75) is 47.1 Å². The maximum atomic E-state index is 15.0. The number of aromatic nitrogens is 2. The monoisotopic (exact) mass is 663 g/mol. The van der Waals surface area contributed by atoms with Crippen molar-refractivity contribution in [3.63, 3.8) is 0 Å². The third-order valence-corrected chi connectivity index (χ3v) is 7.10. The van der Waals surface area contributed by atoms with Gasteiger partial charge in [-0.2, -0.15) is 4.98 Å². The molecular weight excluding hydrogens is 623 g/mol. The van der Waals surface area contributed by atoms with Crippen molar-refractivity contribution in [3.05, 3.63) is 64.7 Å². The van der Waals surface area contributed by atoms with E-state index in [1.54, 1.807) is 12.1 Å². The molecule has 0 radical (unpaired) electrons. The van der Waals surface area contributed by atoms with Crippen molar-refractivity contribution < 1.29 is 37.6 Å². The highest BCUT2D eigenvalue weighted by atomic mass is 31.2. The predicted octanol–water partition coefficient (Wildman–Crippen LogP) is 4.45. The molecule has 0 aliphatic carbocycles. The molecule has 16 heteroatoms.